The van der Waals surface area contributed by atoms with Crippen LogP contribution in [0.3, 0.4) is 0 Å². The van der Waals surface area contributed by atoms with Crippen LogP contribution in [-0.4, -0.2) is 5.33 Å². The van der Waals surface area contributed by atoms with Gasteiger partial charge in [0.25, 0.3) is 0 Å². The molecule has 9 heavy (non-hydrogen) atoms. The molecule has 0 atom stereocenters. The van der Waals surface area contributed by atoms with Crippen LogP contribution in [0.4, 0.5) is 4.39 Å². The molecule has 0 saturated carbocycles. The van der Waals surface area contributed by atoms with Crippen LogP contribution in [0, 0.1) is 0 Å². The largest absolute Gasteiger partial charge is 0.207 e. The van der Waals surface area contributed by atoms with Crippen molar-refractivity contribution in [2.24, 2.45) is 0 Å². The van der Waals surface area contributed by atoms with Crippen LogP contribution >= 0.6 is 15.9 Å². The second-order valence-corrected chi connectivity index (χ2v) is 2.05. The molecule has 0 saturated heterocycles. The van der Waals surface area contributed by atoms with E-state index in [4.69, 9.17) is 0 Å². The van der Waals surface area contributed by atoms with E-state index in [1.165, 1.54) is 12.2 Å². The molecule has 0 radical (unpaired) electrons. The Labute approximate surface area is 62.9 Å². The molecule has 0 spiro atoms. The summed E-state index contributed by atoms with van der Waals surface area (Å²) in [4.78, 5) is 0. The minimum Gasteiger partial charge on any atom is -0.207 e. The lowest BCUT2D eigenvalue weighted by Crippen LogP contribution is -1.80. The van der Waals surface area contributed by atoms with Gasteiger partial charge in [-0.05, 0) is 11.6 Å². The van der Waals surface area contributed by atoms with E-state index in [2.05, 4.69) is 29.1 Å². The van der Waals surface area contributed by atoms with Crippen molar-refractivity contribution in [3.63, 3.8) is 0 Å². The summed E-state index contributed by atoms with van der Waals surface area (Å²) in [5.41, 5.74) is 0.440. The number of rotatable bonds is 3. The summed E-state index contributed by atoms with van der Waals surface area (Å²) in [5, 5.41) is 0.461. The average molecular weight is 191 g/mol. The van der Waals surface area contributed by atoms with E-state index in [9.17, 15) is 4.39 Å². The van der Waals surface area contributed by atoms with E-state index in [1.807, 2.05) is 0 Å². The monoisotopic (exact) mass is 190 g/mol. The average Bonchev–Trinajstić information content (AvgIpc) is 1.87. The second-order valence-electron chi connectivity index (χ2n) is 1.49. The Balaban J connectivity index is 4.01. The Hall–Kier alpha value is -0.370. The molecule has 0 bridgehead atoms. The van der Waals surface area contributed by atoms with Gasteiger partial charge in [-0.15, -0.1) is 0 Å². The maximum absolute atomic E-state index is 12.5. The SMILES string of the molecule is C=C/C=C(/F)C(=C)CBr. The highest BCUT2D eigenvalue weighted by molar-refractivity contribution is 9.09. The van der Waals surface area contributed by atoms with Crippen LogP contribution in [0.1, 0.15) is 0 Å². The van der Waals surface area contributed by atoms with E-state index >= 15 is 0 Å². The van der Waals surface area contributed by atoms with Gasteiger partial charge in [-0.2, -0.15) is 0 Å². The molecule has 0 amide bonds. The summed E-state index contributed by atoms with van der Waals surface area (Å²) in [6.45, 7) is 6.80. The molecule has 0 fully saturated rings. The lowest BCUT2D eigenvalue weighted by molar-refractivity contribution is 0.654. The fourth-order valence-corrected chi connectivity index (χ4v) is 0.553. The first kappa shape index (κ1) is 8.63. The molecule has 0 nitrogen and oxygen atoms in total. The van der Waals surface area contributed by atoms with Crippen LogP contribution < -0.4 is 0 Å². The molecule has 2 heteroatoms. The van der Waals surface area contributed by atoms with Crippen LogP contribution in [0.15, 0.2) is 36.7 Å². The molecule has 0 aromatic heterocycles. The van der Waals surface area contributed by atoms with Gasteiger partial charge in [-0.1, -0.05) is 35.2 Å². The molecule has 0 N–H and O–H groups in total. The normalized spacial score (nSPS) is 11.1. The van der Waals surface area contributed by atoms with E-state index in [0.717, 1.165) is 0 Å². The highest BCUT2D eigenvalue weighted by atomic mass is 79.9. The first-order valence-electron chi connectivity index (χ1n) is 2.44. The van der Waals surface area contributed by atoms with Gasteiger partial charge in [0.05, 0.1) is 0 Å². The highest BCUT2D eigenvalue weighted by Crippen LogP contribution is 2.10. The van der Waals surface area contributed by atoms with Crippen LogP contribution in [0.25, 0.3) is 0 Å². The highest BCUT2D eigenvalue weighted by Gasteiger charge is 1.95. The summed E-state index contributed by atoms with van der Waals surface area (Å²) in [6, 6.07) is 0. The third kappa shape index (κ3) is 3.25. The van der Waals surface area contributed by atoms with Crippen molar-refractivity contribution in [1.29, 1.82) is 0 Å². The van der Waals surface area contributed by atoms with Gasteiger partial charge in [0, 0.05) is 5.33 Å². The number of hydrogen-bond donors (Lipinski definition) is 0. The molecule has 0 aliphatic rings. The molecule has 0 aliphatic heterocycles. The first-order valence-corrected chi connectivity index (χ1v) is 3.57. The molecular formula is C7H8BrF. The second kappa shape index (κ2) is 4.50. The predicted molar refractivity (Wildman–Crippen MR) is 42.3 cm³/mol. The molecule has 0 aromatic carbocycles. The molecule has 50 valence electrons. The Bertz CT molecular complexity index is 147. The Morgan fingerprint density at radius 1 is 1.67 bits per heavy atom. The van der Waals surface area contributed by atoms with Crippen LogP contribution in [0.2, 0.25) is 0 Å². The van der Waals surface area contributed by atoms with E-state index < -0.39 is 0 Å². The molecular weight excluding hydrogens is 183 g/mol. The zero-order valence-electron chi connectivity index (χ0n) is 5.03. The van der Waals surface area contributed by atoms with Crippen LogP contribution in [-0.2, 0) is 0 Å². The van der Waals surface area contributed by atoms with Crippen molar-refractivity contribution >= 4 is 15.9 Å². The number of halogens is 2. The molecule has 0 unspecified atom stereocenters. The van der Waals surface area contributed by atoms with Crippen molar-refractivity contribution < 1.29 is 4.39 Å². The van der Waals surface area contributed by atoms with Crippen LogP contribution in [0.5, 0.6) is 0 Å². The predicted octanol–water partition coefficient (Wildman–Crippen LogP) is 2.98. The van der Waals surface area contributed by atoms with Gasteiger partial charge in [-0.3, -0.25) is 0 Å². The van der Waals surface area contributed by atoms with Gasteiger partial charge in [0.15, 0.2) is 0 Å². The standard InChI is InChI=1S/C7H8BrF/c1-3-4-7(9)6(2)5-8/h3-4H,1-2,5H2/b7-4+. The Kier molecular flexibility index (Phi) is 4.32. The van der Waals surface area contributed by atoms with Crippen molar-refractivity contribution in [2.45, 2.75) is 0 Å². The van der Waals surface area contributed by atoms with Crippen molar-refractivity contribution in [2.75, 3.05) is 5.33 Å². The van der Waals surface area contributed by atoms with Crippen molar-refractivity contribution in [1.82, 2.24) is 0 Å². The van der Waals surface area contributed by atoms with E-state index in [1.54, 1.807) is 0 Å². The van der Waals surface area contributed by atoms with Gasteiger partial charge < -0.3 is 0 Å². The summed E-state index contributed by atoms with van der Waals surface area (Å²) in [7, 11) is 0. The quantitative estimate of drug-likeness (QED) is 0.475. The molecule has 0 aromatic rings. The summed E-state index contributed by atoms with van der Waals surface area (Å²) >= 11 is 3.07. The van der Waals surface area contributed by atoms with E-state index in [0.29, 0.717) is 10.9 Å². The maximum atomic E-state index is 12.5. The summed E-state index contributed by atoms with van der Waals surface area (Å²) in [5.74, 6) is -0.318. The van der Waals surface area contributed by atoms with Gasteiger partial charge >= 0.3 is 0 Å². The zero-order chi connectivity index (χ0) is 7.28. The smallest absolute Gasteiger partial charge is 0.126 e. The van der Waals surface area contributed by atoms with E-state index in [-0.39, 0.29) is 5.83 Å². The lowest BCUT2D eigenvalue weighted by Gasteiger charge is -1.92. The molecule has 0 aliphatic carbocycles. The fourth-order valence-electron chi connectivity index (χ4n) is 0.285. The topological polar surface area (TPSA) is 0 Å². The maximum Gasteiger partial charge on any atom is 0.126 e. The van der Waals surface area contributed by atoms with Gasteiger partial charge in [0.1, 0.15) is 5.83 Å². The van der Waals surface area contributed by atoms with Crippen molar-refractivity contribution in [3.8, 4) is 0 Å². The Morgan fingerprint density at radius 3 is 2.56 bits per heavy atom. The lowest BCUT2D eigenvalue weighted by atomic mass is 10.3. The van der Waals surface area contributed by atoms with Crippen molar-refractivity contribution in [3.05, 3.63) is 36.7 Å². The third-order valence-electron chi connectivity index (χ3n) is 0.763. The summed E-state index contributed by atoms with van der Waals surface area (Å²) in [6.07, 6.45) is 2.67. The number of allylic oxidation sites excluding steroid dienone is 4. The molecule has 0 rings (SSSR count). The Morgan fingerprint density at radius 2 is 2.22 bits per heavy atom. The minimum atomic E-state index is -0.318. The third-order valence-corrected chi connectivity index (χ3v) is 1.44. The van der Waals surface area contributed by atoms with Gasteiger partial charge in [0.2, 0.25) is 0 Å². The fraction of sp³-hybridized carbons (Fsp3) is 0.143. The van der Waals surface area contributed by atoms with Gasteiger partial charge in [-0.25, -0.2) is 4.39 Å². The summed E-state index contributed by atoms with van der Waals surface area (Å²) < 4.78 is 12.5. The molecule has 0 heterocycles. The number of alkyl halides is 1. The number of hydrogen-bond acceptors (Lipinski definition) is 0. The minimum absolute atomic E-state index is 0.318. The first-order chi connectivity index (χ1) is 4.22. The zero-order valence-corrected chi connectivity index (χ0v) is 6.62.